The molecule has 0 aromatic carbocycles. The largest absolute Gasteiger partial charge is 0.396 e. The predicted molar refractivity (Wildman–Crippen MR) is 71.4 cm³/mol. The number of amides is 2. The molecule has 0 aliphatic heterocycles. The Kier molecular flexibility index (Phi) is 4.87. The molecule has 0 aromatic rings. The van der Waals surface area contributed by atoms with Crippen molar-refractivity contribution in [2.75, 3.05) is 13.2 Å². The first-order valence-corrected chi connectivity index (χ1v) is 7.39. The molecule has 0 atom stereocenters. The molecule has 0 saturated heterocycles. The van der Waals surface area contributed by atoms with Crippen LogP contribution in [-0.4, -0.2) is 30.3 Å². The second kappa shape index (κ2) is 6.41. The first kappa shape index (κ1) is 13.7. The highest BCUT2D eigenvalue weighted by Crippen LogP contribution is 2.36. The van der Waals surface area contributed by atoms with Crippen molar-refractivity contribution in [2.45, 2.75) is 63.8 Å². The summed E-state index contributed by atoms with van der Waals surface area (Å²) in [6, 6.07) is 0.300. The van der Waals surface area contributed by atoms with Crippen LogP contribution in [0.5, 0.6) is 0 Å². The highest BCUT2D eigenvalue weighted by Gasteiger charge is 2.33. The number of hydrogen-bond acceptors (Lipinski definition) is 2. The Hall–Kier alpha value is -0.770. The molecule has 2 aliphatic carbocycles. The second-order valence-corrected chi connectivity index (χ2v) is 6.03. The summed E-state index contributed by atoms with van der Waals surface area (Å²) in [5, 5.41) is 15.5. The summed E-state index contributed by atoms with van der Waals surface area (Å²) in [5.41, 5.74) is -0.0517. The molecule has 4 nitrogen and oxygen atoms in total. The summed E-state index contributed by atoms with van der Waals surface area (Å²) >= 11 is 0. The van der Waals surface area contributed by atoms with Crippen LogP contribution >= 0.6 is 0 Å². The normalized spacial score (nSPS) is 23.8. The minimum Gasteiger partial charge on any atom is -0.396 e. The molecule has 18 heavy (non-hydrogen) atoms. The lowest BCUT2D eigenvalue weighted by molar-refractivity contribution is 0.129. The number of carbonyl (C=O) groups is 1. The molecule has 3 N–H and O–H groups in total. The molecule has 2 fully saturated rings. The van der Waals surface area contributed by atoms with Crippen molar-refractivity contribution in [1.82, 2.24) is 10.6 Å². The van der Waals surface area contributed by atoms with Crippen molar-refractivity contribution in [3.63, 3.8) is 0 Å². The smallest absolute Gasteiger partial charge is 0.315 e. The van der Waals surface area contributed by atoms with Gasteiger partial charge in [0.2, 0.25) is 0 Å². The molecule has 0 spiro atoms. The van der Waals surface area contributed by atoms with Gasteiger partial charge in [0.15, 0.2) is 0 Å². The standard InChI is InChI=1S/C14H26N2O2/c17-11-14(8-4-5-9-14)10-15-13(18)16-12-6-2-1-3-7-12/h12,17H,1-11H2,(H2,15,16,18). The van der Waals surface area contributed by atoms with Gasteiger partial charge in [0.25, 0.3) is 0 Å². The molecule has 0 radical (unpaired) electrons. The first-order chi connectivity index (χ1) is 8.74. The van der Waals surface area contributed by atoms with Gasteiger partial charge in [0.1, 0.15) is 0 Å². The summed E-state index contributed by atoms with van der Waals surface area (Å²) in [7, 11) is 0. The van der Waals surface area contributed by atoms with E-state index in [-0.39, 0.29) is 18.1 Å². The first-order valence-electron chi connectivity index (χ1n) is 7.39. The van der Waals surface area contributed by atoms with E-state index in [9.17, 15) is 9.90 Å². The number of carbonyl (C=O) groups excluding carboxylic acids is 1. The third-order valence-corrected chi connectivity index (χ3v) is 4.56. The van der Waals surface area contributed by atoms with Crippen molar-refractivity contribution >= 4 is 6.03 Å². The third kappa shape index (κ3) is 3.61. The summed E-state index contributed by atoms with van der Waals surface area (Å²) in [6.07, 6.45) is 10.4. The van der Waals surface area contributed by atoms with Gasteiger partial charge in [-0.15, -0.1) is 0 Å². The fourth-order valence-electron chi connectivity index (χ4n) is 3.27. The summed E-state index contributed by atoms with van der Waals surface area (Å²) in [5.74, 6) is 0. The van der Waals surface area contributed by atoms with Crippen LogP contribution in [0.4, 0.5) is 4.79 Å². The minimum atomic E-state index is -0.0541. The van der Waals surface area contributed by atoms with Crippen LogP contribution in [0.2, 0.25) is 0 Å². The molecule has 2 aliphatic rings. The minimum absolute atomic E-state index is 0.0517. The maximum Gasteiger partial charge on any atom is 0.315 e. The number of rotatable bonds is 4. The molecule has 104 valence electrons. The molecule has 0 heterocycles. The topological polar surface area (TPSA) is 61.4 Å². The van der Waals surface area contributed by atoms with Crippen LogP contribution in [0, 0.1) is 5.41 Å². The van der Waals surface area contributed by atoms with Crippen LogP contribution in [0.25, 0.3) is 0 Å². The number of aliphatic hydroxyl groups excluding tert-OH is 1. The van der Waals surface area contributed by atoms with Gasteiger partial charge in [-0.1, -0.05) is 32.1 Å². The lowest BCUT2D eigenvalue weighted by Gasteiger charge is -2.28. The van der Waals surface area contributed by atoms with Gasteiger partial charge in [-0.3, -0.25) is 0 Å². The van der Waals surface area contributed by atoms with Gasteiger partial charge in [-0.25, -0.2) is 4.79 Å². The van der Waals surface area contributed by atoms with Crippen molar-refractivity contribution in [3.05, 3.63) is 0 Å². The Morgan fingerprint density at radius 3 is 2.39 bits per heavy atom. The van der Waals surface area contributed by atoms with E-state index >= 15 is 0 Å². The van der Waals surface area contributed by atoms with E-state index in [4.69, 9.17) is 0 Å². The molecule has 2 rings (SSSR count). The highest BCUT2D eigenvalue weighted by atomic mass is 16.3. The van der Waals surface area contributed by atoms with E-state index in [1.165, 1.54) is 32.1 Å². The van der Waals surface area contributed by atoms with E-state index in [0.717, 1.165) is 25.7 Å². The van der Waals surface area contributed by atoms with E-state index in [2.05, 4.69) is 10.6 Å². The molecule has 2 saturated carbocycles. The van der Waals surface area contributed by atoms with Crippen molar-refractivity contribution in [2.24, 2.45) is 5.41 Å². The summed E-state index contributed by atoms with van der Waals surface area (Å²) < 4.78 is 0. The SMILES string of the molecule is O=C(NCC1(CO)CCCC1)NC1CCCCC1. The van der Waals surface area contributed by atoms with Gasteiger partial charge in [-0.2, -0.15) is 0 Å². The Morgan fingerprint density at radius 2 is 1.78 bits per heavy atom. The van der Waals surface area contributed by atoms with Crippen molar-refractivity contribution in [3.8, 4) is 0 Å². The van der Waals surface area contributed by atoms with Crippen LogP contribution in [0.1, 0.15) is 57.8 Å². The lowest BCUT2D eigenvalue weighted by atomic mass is 9.87. The molecule has 0 aromatic heterocycles. The van der Waals surface area contributed by atoms with Crippen molar-refractivity contribution < 1.29 is 9.90 Å². The zero-order valence-electron chi connectivity index (χ0n) is 11.2. The average molecular weight is 254 g/mol. The van der Waals surface area contributed by atoms with Crippen LogP contribution in [-0.2, 0) is 0 Å². The lowest BCUT2D eigenvalue weighted by Crippen LogP contribution is -2.47. The maximum absolute atomic E-state index is 11.8. The van der Waals surface area contributed by atoms with Crippen LogP contribution < -0.4 is 10.6 Å². The maximum atomic E-state index is 11.8. The zero-order valence-corrected chi connectivity index (χ0v) is 11.2. The fourth-order valence-corrected chi connectivity index (χ4v) is 3.27. The van der Waals surface area contributed by atoms with Crippen LogP contribution in [0.15, 0.2) is 0 Å². The number of hydrogen-bond donors (Lipinski definition) is 3. The fraction of sp³-hybridized carbons (Fsp3) is 0.929. The zero-order chi connectivity index (χ0) is 12.8. The summed E-state index contributed by atoms with van der Waals surface area (Å²) in [6.45, 7) is 0.804. The van der Waals surface area contributed by atoms with Gasteiger partial charge in [-0.05, 0) is 25.7 Å². The molecule has 0 bridgehead atoms. The van der Waals surface area contributed by atoms with E-state index in [1.807, 2.05) is 0 Å². The molecular formula is C14H26N2O2. The van der Waals surface area contributed by atoms with Gasteiger partial charge < -0.3 is 15.7 Å². The van der Waals surface area contributed by atoms with E-state index < -0.39 is 0 Å². The molecule has 0 unspecified atom stereocenters. The second-order valence-electron chi connectivity index (χ2n) is 6.03. The molecular weight excluding hydrogens is 228 g/mol. The van der Waals surface area contributed by atoms with E-state index in [0.29, 0.717) is 12.6 Å². The number of aliphatic hydroxyl groups is 1. The Morgan fingerprint density at radius 1 is 1.11 bits per heavy atom. The molecule has 2 amide bonds. The Labute approximate surface area is 110 Å². The summed E-state index contributed by atoms with van der Waals surface area (Å²) in [4.78, 5) is 11.8. The Bertz CT molecular complexity index is 269. The van der Waals surface area contributed by atoms with Gasteiger partial charge in [0, 0.05) is 18.0 Å². The quantitative estimate of drug-likeness (QED) is 0.720. The number of nitrogens with one attached hydrogen (secondary N) is 2. The molecule has 4 heteroatoms. The van der Waals surface area contributed by atoms with Crippen molar-refractivity contribution in [1.29, 1.82) is 0 Å². The Balaban J connectivity index is 1.70. The van der Waals surface area contributed by atoms with Crippen LogP contribution in [0.3, 0.4) is 0 Å². The highest BCUT2D eigenvalue weighted by molar-refractivity contribution is 5.74. The number of urea groups is 1. The van der Waals surface area contributed by atoms with Gasteiger partial charge >= 0.3 is 6.03 Å². The predicted octanol–water partition coefficient (Wildman–Crippen LogP) is 2.17. The third-order valence-electron chi connectivity index (χ3n) is 4.56. The monoisotopic (exact) mass is 254 g/mol. The average Bonchev–Trinajstić information content (AvgIpc) is 2.87. The van der Waals surface area contributed by atoms with Gasteiger partial charge in [0.05, 0.1) is 6.61 Å². The van der Waals surface area contributed by atoms with E-state index in [1.54, 1.807) is 0 Å².